The van der Waals surface area contributed by atoms with Crippen LogP contribution in [0.15, 0.2) is 30.3 Å². The highest BCUT2D eigenvalue weighted by molar-refractivity contribution is 5.71. The van der Waals surface area contributed by atoms with Gasteiger partial charge in [0.15, 0.2) is 0 Å². The predicted molar refractivity (Wildman–Crippen MR) is 63.9 cm³/mol. The van der Waals surface area contributed by atoms with E-state index < -0.39 is 0 Å². The van der Waals surface area contributed by atoms with Gasteiger partial charge in [-0.2, -0.15) is 0 Å². The molecule has 0 aromatic heterocycles. The van der Waals surface area contributed by atoms with Crippen LogP contribution in [0.1, 0.15) is 0 Å². The molecular weight excluding hydrogens is 216 g/mol. The summed E-state index contributed by atoms with van der Waals surface area (Å²) in [6, 6.07) is 9.24. The molecule has 0 spiro atoms. The number of carbonyl (C=O) groups is 1. The van der Waals surface area contributed by atoms with E-state index in [9.17, 15) is 4.79 Å². The highest BCUT2D eigenvalue weighted by Gasteiger charge is 2.38. The molecule has 2 heterocycles. The number of ether oxygens (including phenoxy) is 1. The van der Waals surface area contributed by atoms with Gasteiger partial charge in [-0.1, -0.05) is 18.2 Å². The standard InChI is InChI=1S/C13H16N2O2/c16-13(17-12-4-2-1-3-5-12)15-8-10-6-14-7-11(10)9-15/h1-5,10-11,14H,6-9H2/t10-,11+. The van der Waals surface area contributed by atoms with Gasteiger partial charge in [0.2, 0.25) is 0 Å². The minimum Gasteiger partial charge on any atom is -0.410 e. The lowest BCUT2D eigenvalue weighted by Gasteiger charge is -2.16. The van der Waals surface area contributed by atoms with Crippen LogP contribution < -0.4 is 10.1 Å². The van der Waals surface area contributed by atoms with Crippen LogP contribution in [-0.2, 0) is 0 Å². The summed E-state index contributed by atoms with van der Waals surface area (Å²) in [7, 11) is 0. The summed E-state index contributed by atoms with van der Waals surface area (Å²) in [4.78, 5) is 13.8. The molecule has 2 atom stereocenters. The van der Waals surface area contributed by atoms with Crippen molar-refractivity contribution in [2.75, 3.05) is 26.2 Å². The number of hydrogen-bond donors (Lipinski definition) is 1. The van der Waals surface area contributed by atoms with E-state index in [1.54, 1.807) is 12.1 Å². The summed E-state index contributed by atoms with van der Waals surface area (Å²) in [5, 5.41) is 3.35. The number of benzene rings is 1. The molecule has 2 aliphatic rings. The molecule has 90 valence electrons. The summed E-state index contributed by atoms with van der Waals surface area (Å²) in [6.07, 6.45) is -0.217. The van der Waals surface area contributed by atoms with E-state index in [1.807, 2.05) is 23.1 Å². The monoisotopic (exact) mass is 232 g/mol. The largest absolute Gasteiger partial charge is 0.415 e. The number of nitrogens with zero attached hydrogens (tertiary/aromatic N) is 1. The third-order valence-corrected chi connectivity index (χ3v) is 3.60. The number of rotatable bonds is 1. The van der Waals surface area contributed by atoms with Gasteiger partial charge in [-0.25, -0.2) is 4.79 Å². The lowest BCUT2D eigenvalue weighted by Crippen LogP contribution is -2.34. The van der Waals surface area contributed by atoms with E-state index in [0.717, 1.165) is 26.2 Å². The molecule has 2 aliphatic heterocycles. The number of amides is 1. The molecule has 0 radical (unpaired) electrons. The molecule has 4 nitrogen and oxygen atoms in total. The fourth-order valence-electron chi connectivity index (χ4n) is 2.66. The van der Waals surface area contributed by atoms with E-state index in [-0.39, 0.29) is 6.09 Å². The first kappa shape index (κ1) is 10.6. The van der Waals surface area contributed by atoms with Crippen molar-refractivity contribution in [2.24, 2.45) is 11.8 Å². The van der Waals surface area contributed by atoms with E-state index in [2.05, 4.69) is 5.32 Å². The Labute approximate surface area is 101 Å². The molecule has 0 saturated carbocycles. The number of fused-ring (bicyclic) bond motifs is 1. The Morgan fingerprint density at radius 1 is 1.18 bits per heavy atom. The lowest BCUT2D eigenvalue weighted by atomic mass is 10.0. The SMILES string of the molecule is O=C(Oc1ccccc1)N1C[C@H]2CNC[C@H]2C1. The zero-order chi connectivity index (χ0) is 11.7. The van der Waals surface area contributed by atoms with Crippen molar-refractivity contribution in [1.82, 2.24) is 10.2 Å². The second-order valence-corrected chi connectivity index (χ2v) is 4.76. The Hall–Kier alpha value is -1.55. The van der Waals surface area contributed by atoms with Crippen molar-refractivity contribution in [1.29, 1.82) is 0 Å². The Kier molecular flexibility index (Phi) is 2.73. The molecule has 1 aromatic rings. The number of carbonyl (C=O) groups excluding carboxylic acids is 1. The van der Waals surface area contributed by atoms with Crippen molar-refractivity contribution >= 4 is 6.09 Å². The molecule has 2 saturated heterocycles. The van der Waals surface area contributed by atoms with Gasteiger partial charge in [0.25, 0.3) is 0 Å². The Bertz CT molecular complexity index is 395. The molecule has 3 rings (SSSR count). The summed E-state index contributed by atoms with van der Waals surface area (Å²) in [6.45, 7) is 3.70. The first-order valence-electron chi connectivity index (χ1n) is 6.05. The van der Waals surface area contributed by atoms with Crippen molar-refractivity contribution in [3.63, 3.8) is 0 Å². The molecule has 0 aliphatic carbocycles. The normalized spacial score (nSPS) is 26.9. The van der Waals surface area contributed by atoms with Crippen LogP contribution in [0.4, 0.5) is 4.79 Å². The van der Waals surface area contributed by atoms with Gasteiger partial charge in [-0.05, 0) is 24.0 Å². The van der Waals surface area contributed by atoms with Crippen LogP contribution in [0.5, 0.6) is 5.75 Å². The second-order valence-electron chi connectivity index (χ2n) is 4.76. The Morgan fingerprint density at radius 3 is 2.47 bits per heavy atom. The van der Waals surface area contributed by atoms with Crippen molar-refractivity contribution in [2.45, 2.75) is 0 Å². The average molecular weight is 232 g/mol. The molecule has 1 amide bonds. The van der Waals surface area contributed by atoms with Gasteiger partial charge in [-0.15, -0.1) is 0 Å². The molecule has 0 bridgehead atoms. The van der Waals surface area contributed by atoms with Crippen LogP contribution in [0.3, 0.4) is 0 Å². The van der Waals surface area contributed by atoms with E-state index in [4.69, 9.17) is 4.74 Å². The second kappa shape index (κ2) is 4.37. The van der Waals surface area contributed by atoms with Gasteiger partial charge < -0.3 is 15.0 Å². The average Bonchev–Trinajstić information content (AvgIpc) is 2.90. The van der Waals surface area contributed by atoms with Crippen LogP contribution >= 0.6 is 0 Å². The summed E-state index contributed by atoms with van der Waals surface area (Å²) in [5.41, 5.74) is 0. The highest BCUT2D eigenvalue weighted by Crippen LogP contribution is 2.26. The smallest absolute Gasteiger partial charge is 0.410 e. The molecule has 1 N–H and O–H groups in total. The topological polar surface area (TPSA) is 41.6 Å². The number of likely N-dealkylation sites (tertiary alicyclic amines) is 1. The Balaban J connectivity index is 1.61. The van der Waals surface area contributed by atoms with Gasteiger partial charge in [0, 0.05) is 26.2 Å². The Morgan fingerprint density at radius 2 is 1.82 bits per heavy atom. The maximum atomic E-state index is 11.9. The molecule has 0 unspecified atom stereocenters. The number of nitrogens with one attached hydrogen (secondary N) is 1. The van der Waals surface area contributed by atoms with Gasteiger partial charge in [-0.3, -0.25) is 0 Å². The quantitative estimate of drug-likeness (QED) is 0.794. The number of hydrogen-bond acceptors (Lipinski definition) is 3. The van der Waals surface area contributed by atoms with E-state index in [0.29, 0.717) is 17.6 Å². The minimum absolute atomic E-state index is 0.217. The predicted octanol–water partition coefficient (Wildman–Crippen LogP) is 1.34. The molecule has 1 aromatic carbocycles. The van der Waals surface area contributed by atoms with Gasteiger partial charge in [0.05, 0.1) is 0 Å². The molecule has 2 fully saturated rings. The van der Waals surface area contributed by atoms with Crippen LogP contribution in [0.2, 0.25) is 0 Å². The molecule has 4 heteroatoms. The fourth-order valence-corrected chi connectivity index (χ4v) is 2.66. The van der Waals surface area contributed by atoms with Crippen LogP contribution in [0, 0.1) is 11.8 Å². The van der Waals surface area contributed by atoms with Crippen LogP contribution in [-0.4, -0.2) is 37.2 Å². The van der Waals surface area contributed by atoms with E-state index in [1.165, 1.54) is 0 Å². The maximum absolute atomic E-state index is 11.9. The molecule has 17 heavy (non-hydrogen) atoms. The molecular formula is C13H16N2O2. The third kappa shape index (κ3) is 2.13. The number of para-hydroxylation sites is 1. The summed E-state index contributed by atoms with van der Waals surface area (Å²) < 4.78 is 5.33. The van der Waals surface area contributed by atoms with Crippen molar-refractivity contribution in [3.8, 4) is 5.75 Å². The van der Waals surface area contributed by atoms with E-state index >= 15 is 0 Å². The summed E-state index contributed by atoms with van der Waals surface area (Å²) in [5.74, 6) is 1.84. The van der Waals surface area contributed by atoms with Crippen LogP contribution in [0.25, 0.3) is 0 Å². The minimum atomic E-state index is -0.217. The maximum Gasteiger partial charge on any atom is 0.415 e. The van der Waals surface area contributed by atoms with Gasteiger partial charge >= 0.3 is 6.09 Å². The first-order valence-corrected chi connectivity index (χ1v) is 6.05. The first-order chi connectivity index (χ1) is 8.33. The third-order valence-electron chi connectivity index (χ3n) is 3.60. The zero-order valence-electron chi connectivity index (χ0n) is 9.63. The van der Waals surface area contributed by atoms with Crippen molar-refractivity contribution in [3.05, 3.63) is 30.3 Å². The highest BCUT2D eigenvalue weighted by atomic mass is 16.6. The fraction of sp³-hybridized carbons (Fsp3) is 0.462. The lowest BCUT2D eigenvalue weighted by molar-refractivity contribution is 0.159. The van der Waals surface area contributed by atoms with Crippen molar-refractivity contribution < 1.29 is 9.53 Å². The zero-order valence-corrected chi connectivity index (χ0v) is 9.63. The summed E-state index contributed by atoms with van der Waals surface area (Å²) >= 11 is 0. The van der Waals surface area contributed by atoms with Gasteiger partial charge in [0.1, 0.15) is 5.75 Å².